The van der Waals surface area contributed by atoms with Gasteiger partial charge in [-0.05, 0) is 109 Å². The van der Waals surface area contributed by atoms with Gasteiger partial charge in [-0.3, -0.25) is 27.6 Å². The first-order chi connectivity index (χ1) is 41.4. The van der Waals surface area contributed by atoms with Crippen molar-refractivity contribution in [3.63, 3.8) is 0 Å². The molecule has 3 fully saturated rings. The molecule has 0 radical (unpaired) electrons. The summed E-state index contributed by atoms with van der Waals surface area (Å²) in [5, 5.41) is 19.1. The highest BCUT2D eigenvalue weighted by atomic mass is 16.2. The van der Waals surface area contributed by atoms with E-state index in [1.807, 2.05) is 121 Å². The van der Waals surface area contributed by atoms with Gasteiger partial charge in [0.25, 0.3) is 17.7 Å². The third-order valence-electron chi connectivity index (χ3n) is 16.6. The molecule has 18 nitrogen and oxygen atoms in total. The molecule has 0 saturated heterocycles. The number of carbonyl (C=O) groups excluding carboxylic acids is 3. The molecule has 438 valence electrons. The second-order valence-electron chi connectivity index (χ2n) is 21.6. The Hall–Kier alpha value is -8.67. The Labute approximate surface area is 492 Å². The van der Waals surface area contributed by atoms with Gasteiger partial charge in [0.15, 0.2) is 34.4 Å². The van der Waals surface area contributed by atoms with Crippen molar-refractivity contribution in [1.29, 1.82) is 0 Å². The Kier molecular flexibility index (Phi) is 19.2. The number of benzene rings is 3. The van der Waals surface area contributed by atoms with Crippen LogP contribution in [-0.2, 0) is 19.6 Å². The summed E-state index contributed by atoms with van der Waals surface area (Å²) in [6, 6.07) is 17.8. The summed E-state index contributed by atoms with van der Waals surface area (Å²) < 4.78 is 6.19. The molecule has 6 aliphatic rings. The number of hydrogen-bond acceptors (Lipinski definition) is 12. The molecule has 6 aromatic heterocycles. The zero-order chi connectivity index (χ0) is 58.5. The van der Waals surface area contributed by atoms with Gasteiger partial charge >= 0.3 is 0 Å². The molecule has 0 unspecified atom stereocenters. The Morgan fingerprint density at radius 2 is 0.702 bits per heavy atom. The summed E-state index contributed by atoms with van der Waals surface area (Å²) >= 11 is 0. The molecule has 3 aliphatic heterocycles. The van der Waals surface area contributed by atoms with Gasteiger partial charge in [0.1, 0.15) is 0 Å². The van der Waals surface area contributed by atoms with E-state index in [9.17, 15) is 14.4 Å². The van der Waals surface area contributed by atoms with Gasteiger partial charge in [-0.25, -0.2) is 29.9 Å². The van der Waals surface area contributed by atoms with Crippen LogP contribution in [0.5, 0.6) is 0 Å². The van der Waals surface area contributed by atoms with E-state index in [4.69, 9.17) is 0 Å². The lowest BCUT2D eigenvalue weighted by atomic mass is 9.85. The number of aromatic nitrogens is 9. The van der Waals surface area contributed by atoms with Crippen LogP contribution in [0.25, 0.3) is 50.7 Å². The lowest BCUT2D eigenvalue weighted by molar-refractivity contribution is 0.0957. The monoisotopic (exact) mass is 1130 g/mol. The van der Waals surface area contributed by atoms with E-state index in [2.05, 4.69) is 93.2 Å². The number of imidazole rings is 3. The van der Waals surface area contributed by atoms with E-state index in [1.165, 1.54) is 77.0 Å². The molecule has 9 aromatic rings. The minimum atomic E-state index is 0.00277. The molecule has 0 spiro atoms. The molecule has 6 N–H and O–H groups in total. The summed E-state index contributed by atoms with van der Waals surface area (Å²) in [4.78, 5) is 62.7. The van der Waals surface area contributed by atoms with Crippen LogP contribution in [0.3, 0.4) is 0 Å². The van der Waals surface area contributed by atoms with Crippen LogP contribution in [0.15, 0.2) is 110 Å². The quantitative estimate of drug-likeness (QED) is 0.0674. The fourth-order valence-electron chi connectivity index (χ4n) is 12.0. The van der Waals surface area contributed by atoms with Crippen molar-refractivity contribution in [2.45, 2.75) is 138 Å². The number of nitrogens with one attached hydrogen (secondary N) is 6. The Balaban J connectivity index is 0.000000134. The number of nitrogens with zero attached hydrogens (tertiary/aromatic N) is 9. The molecule has 18 heteroatoms. The summed E-state index contributed by atoms with van der Waals surface area (Å²) in [5.41, 5.74) is 14.0. The van der Waals surface area contributed by atoms with Crippen LogP contribution in [0, 0.1) is 17.8 Å². The Morgan fingerprint density at radius 1 is 0.405 bits per heavy atom. The van der Waals surface area contributed by atoms with E-state index in [0.29, 0.717) is 19.6 Å². The van der Waals surface area contributed by atoms with E-state index >= 15 is 0 Å². The van der Waals surface area contributed by atoms with Crippen LogP contribution in [-0.4, -0.2) is 80.5 Å². The van der Waals surface area contributed by atoms with Crippen molar-refractivity contribution in [3.8, 4) is 33.8 Å². The minimum absolute atomic E-state index is 0.00277. The molecule has 3 aliphatic carbocycles. The standard InChI is InChI=1S/C21H23N5O.C20H21N5O.C19H19N5O.3C2H6/c27-21-17-7-6-15(10-16(17)12-25-21)18-13-24-19(20-22-8-9-26(18)20)23-11-14-4-2-1-3-5-14;26-20-16-6-5-14(9-15(16)11-24-20)17-12-23-18(19-21-7-8-25(17)19)22-10-13-3-1-2-4-13;25-19-15-5-4-13(8-14(15)10-23-19)16-11-22-17(18-20-6-7-24(16)18)21-9-12-2-1-3-12;3*1-2/h6-10,13-14H,1-5,11-12H2,(H,23,24)(H,25,27);5-9,12-13H,1-4,10-11H2,(H,22,23)(H,24,26);4-8,11-12H,1-3,9-10H2,(H,21,22)(H,23,25);3*1-2H3. The van der Waals surface area contributed by atoms with Gasteiger partial charge in [0.2, 0.25) is 0 Å². The fourth-order valence-corrected chi connectivity index (χ4v) is 12.0. The number of fused-ring (bicyclic) bond motifs is 6. The van der Waals surface area contributed by atoms with Crippen molar-refractivity contribution in [1.82, 2.24) is 59.1 Å². The number of carbonyl (C=O) groups is 3. The molecule has 3 saturated carbocycles. The molecule has 9 heterocycles. The molecule has 3 amide bonds. The molecule has 84 heavy (non-hydrogen) atoms. The highest BCUT2D eigenvalue weighted by molar-refractivity contribution is 6.00. The second kappa shape index (κ2) is 27.6. The topological polar surface area (TPSA) is 214 Å². The van der Waals surface area contributed by atoms with Crippen molar-refractivity contribution in [2.24, 2.45) is 17.8 Å². The van der Waals surface area contributed by atoms with E-state index in [0.717, 1.165) is 139 Å². The molecule has 15 rings (SSSR count). The van der Waals surface area contributed by atoms with Crippen molar-refractivity contribution in [2.75, 3.05) is 35.6 Å². The maximum absolute atomic E-state index is 11.8. The average Bonchev–Trinajstić information content (AvgIpc) is 3.94. The van der Waals surface area contributed by atoms with Gasteiger partial charge in [-0.15, -0.1) is 0 Å². The predicted octanol–water partition coefficient (Wildman–Crippen LogP) is 12.8. The summed E-state index contributed by atoms with van der Waals surface area (Å²) in [6.07, 6.45) is 32.9. The van der Waals surface area contributed by atoms with Gasteiger partial charge in [-0.1, -0.05) is 98.3 Å². The predicted molar refractivity (Wildman–Crippen MR) is 334 cm³/mol. The van der Waals surface area contributed by atoms with Crippen LogP contribution < -0.4 is 31.9 Å². The van der Waals surface area contributed by atoms with Gasteiger partial charge in [0, 0.05) is 110 Å². The molecule has 3 aromatic carbocycles. The average molecular weight is 1130 g/mol. The van der Waals surface area contributed by atoms with Crippen molar-refractivity contribution < 1.29 is 14.4 Å². The molecular formula is C66H81N15O3. The lowest BCUT2D eigenvalue weighted by Gasteiger charge is -2.25. The first-order valence-corrected chi connectivity index (χ1v) is 30.8. The van der Waals surface area contributed by atoms with Crippen molar-refractivity contribution in [3.05, 3.63) is 144 Å². The second-order valence-corrected chi connectivity index (χ2v) is 21.6. The van der Waals surface area contributed by atoms with E-state index in [1.54, 1.807) is 12.4 Å². The van der Waals surface area contributed by atoms with Gasteiger partial charge in [0.05, 0.1) is 35.7 Å². The zero-order valence-corrected chi connectivity index (χ0v) is 49.6. The Morgan fingerprint density at radius 3 is 1.00 bits per heavy atom. The minimum Gasteiger partial charge on any atom is -0.367 e. The van der Waals surface area contributed by atoms with Crippen LogP contribution in [0.1, 0.15) is 166 Å². The number of amides is 3. The largest absolute Gasteiger partial charge is 0.367 e. The first-order valence-electron chi connectivity index (χ1n) is 30.8. The summed E-state index contributed by atoms with van der Waals surface area (Å²) in [7, 11) is 0. The summed E-state index contributed by atoms with van der Waals surface area (Å²) in [5.74, 6) is 4.76. The maximum Gasteiger partial charge on any atom is 0.251 e. The highest BCUT2D eigenvalue weighted by Gasteiger charge is 2.25. The van der Waals surface area contributed by atoms with E-state index < -0.39 is 0 Å². The van der Waals surface area contributed by atoms with Crippen LogP contribution in [0.2, 0.25) is 0 Å². The Bertz CT molecular complexity index is 3730. The first kappa shape index (κ1) is 58.5. The lowest BCUT2D eigenvalue weighted by Crippen LogP contribution is -2.21. The van der Waals surface area contributed by atoms with Gasteiger partial charge in [-0.2, -0.15) is 0 Å². The zero-order valence-electron chi connectivity index (χ0n) is 49.6. The third kappa shape index (κ3) is 12.6. The number of rotatable bonds is 12. The van der Waals surface area contributed by atoms with Crippen LogP contribution >= 0.6 is 0 Å². The van der Waals surface area contributed by atoms with Crippen molar-refractivity contribution >= 4 is 52.1 Å². The van der Waals surface area contributed by atoms with Crippen LogP contribution in [0.4, 0.5) is 17.5 Å². The van der Waals surface area contributed by atoms with E-state index in [-0.39, 0.29) is 17.7 Å². The SMILES string of the molecule is CC.CC.CC.O=C1NCc2cc(-c3cnc(NCC4CCC4)c4nccn34)ccc21.O=C1NCc2cc(-c3cnc(NCC4CCCC4)c4nccn34)ccc21.O=C1NCc2cc(-c3cnc(NCC4CCCCC4)c4nccn34)ccc21. The van der Waals surface area contributed by atoms with Gasteiger partial charge < -0.3 is 31.9 Å². The molecular weight excluding hydrogens is 1050 g/mol. The smallest absolute Gasteiger partial charge is 0.251 e. The third-order valence-corrected chi connectivity index (χ3v) is 16.6. The molecule has 0 bridgehead atoms. The fraction of sp³-hybridized carbons (Fsp3) is 0.409. The normalized spacial score (nSPS) is 15.9. The number of anilines is 3. The molecule has 0 atom stereocenters. The highest BCUT2D eigenvalue weighted by Crippen LogP contribution is 2.33. The number of hydrogen-bond donors (Lipinski definition) is 6. The summed E-state index contributed by atoms with van der Waals surface area (Å²) in [6.45, 7) is 16.6. The maximum atomic E-state index is 11.8.